The van der Waals surface area contributed by atoms with Crippen molar-refractivity contribution in [2.45, 2.75) is 58.0 Å². The van der Waals surface area contributed by atoms with Gasteiger partial charge in [0.05, 0.1) is 18.5 Å². The van der Waals surface area contributed by atoms with Gasteiger partial charge in [0.25, 0.3) is 0 Å². The molecular weight excluding hydrogens is 474 g/mol. The molecule has 0 amide bonds. The molecule has 0 aliphatic heterocycles. The van der Waals surface area contributed by atoms with Crippen LogP contribution in [0.5, 0.6) is 5.75 Å². The minimum Gasteiger partial charge on any atom is -0.494 e. The average Bonchev–Trinajstić information content (AvgIpc) is 3.36. The first-order chi connectivity index (χ1) is 18.4. The van der Waals surface area contributed by atoms with Crippen LogP contribution >= 0.6 is 0 Å². The molecule has 6 heteroatoms. The number of hydrogen-bond acceptors (Lipinski definition) is 5. The van der Waals surface area contributed by atoms with Gasteiger partial charge in [0.1, 0.15) is 22.7 Å². The average molecular weight is 516 g/mol. The maximum atomic E-state index is 12.9. The maximum absolute atomic E-state index is 12.9. The van der Waals surface area contributed by atoms with Crippen LogP contribution in [0.1, 0.15) is 57.3 Å². The van der Waals surface area contributed by atoms with Crippen LogP contribution in [0.15, 0.2) is 54.6 Å². The number of nitrogens with one attached hydrogen (secondary N) is 1. The number of methoxy groups -OCH3 is 1. The Balaban J connectivity index is 1.23. The van der Waals surface area contributed by atoms with E-state index >= 15 is 0 Å². The van der Waals surface area contributed by atoms with E-state index in [0.717, 1.165) is 67.8 Å². The van der Waals surface area contributed by atoms with E-state index in [1.165, 1.54) is 17.6 Å². The van der Waals surface area contributed by atoms with Gasteiger partial charge >= 0.3 is 5.97 Å². The van der Waals surface area contributed by atoms with Crippen molar-refractivity contribution in [2.75, 3.05) is 27.2 Å². The summed E-state index contributed by atoms with van der Waals surface area (Å²) < 4.78 is 11.8. The first kappa shape index (κ1) is 26.5. The Hall–Kier alpha value is -3.12. The molecule has 3 atom stereocenters. The second-order valence-corrected chi connectivity index (χ2v) is 11.4. The molecular formula is C32H41N3O3. The SMILES string of the molecule is COc1cccc2[nH]c(CCCN(C)CC[C@]3(OC(=O)C(C)C)C[C@H]4CC[C@@H]3C=C4c3ccccc3)nc12. The zero-order valence-corrected chi connectivity index (χ0v) is 23.2. The van der Waals surface area contributed by atoms with Crippen molar-refractivity contribution >= 4 is 22.6 Å². The van der Waals surface area contributed by atoms with Crippen molar-refractivity contribution in [2.24, 2.45) is 17.8 Å². The molecule has 0 saturated heterocycles. The summed E-state index contributed by atoms with van der Waals surface area (Å²) in [4.78, 5) is 23.4. The second-order valence-electron chi connectivity index (χ2n) is 11.4. The van der Waals surface area contributed by atoms with Crippen LogP contribution in [0.4, 0.5) is 0 Å². The van der Waals surface area contributed by atoms with Gasteiger partial charge in [-0.05, 0) is 68.5 Å². The number of benzene rings is 2. The third-order valence-corrected chi connectivity index (χ3v) is 8.41. The van der Waals surface area contributed by atoms with Gasteiger partial charge in [0.15, 0.2) is 0 Å². The summed E-state index contributed by atoms with van der Waals surface area (Å²) in [6, 6.07) is 16.7. The minimum absolute atomic E-state index is 0.0739. The van der Waals surface area contributed by atoms with E-state index in [1.807, 2.05) is 32.0 Å². The van der Waals surface area contributed by atoms with E-state index in [0.29, 0.717) is 5.92 Å². The molecule has 6 rings (SSSR count). The highest BCUT2D eigenvalue weighted by molar-refractivity contribution is 5.81. The number of carbonyl (C=O) groups excluding carboxylic acids is 1. The molecule has 1 heterocycles. The molecule has 1 fully saturated rings. The van der Waals surface area contributed by atoms with Gasteiger partial charge in [0, 0.05) is 25.3 Å². The molecule has 0 spiro atoms. The lowest BCUT2D eigenvalue weighted by molar-refractivity contribution is -0.176. The standard InChI is InChI=1S/C32H41N3O3/c1-22(2)31(36)38-32(21-24-15-16-25(32)20-26(24)23-10-6-5-7-11-23)17-19-35(3)18-9-14-29-33-27-12-8-13-28(37-4)30(27)34-29/h5-8,10-13,20,22,24-25H,9,14-19,21H2,1-4H3,(H,33,34)/t24-,25-,32+/m1/s1. The highest BCUT2D eigenvalue weighted by atomic mass is 16.6. The number of aryl methyl sites for hydroxylation is 1. The smallest absolute Gasteiger partial charge is 0.308 e. The van der Waals surface area contributed by atoms with E-state index in [-0.39, 0.29) is 17.8 Å². The van der Waals surface area contributed by atoms with Crippen LogP contribution in [0, 0.1) is 17.8 Å². The molecule has 3 aliphatic rings. The van der Waals surface area contributed by atoms with Gasteiger partial charge in [-0.3, -0.25) is 4.79 Å². The van der Waals surface area contributed by atoms with Crippen LogP contribution in [0.25, 0.3) is 16.6 Å². The topological polar surface area (TPSA) is 67.4 Å². The van der Waals surface area contributed by atoms with E-state index in [9.17, 15) is 4.79 Å². The van der Waals surface area contributed by atoms with Gasteiger partial charge in [-0.15, -0.1) is 0 Å². The van der Waals surface area contributed by atoms with Gasteiger partial charge in [-0.2, -0.15) is 0 Å². The van der Waals surface area contributed by atoms with Crippen LogP contribution in [0.2, 0.25) is 0 Å². The number of imidazole rings is 1. The molecule has 1 aromatic heterocycles. The molecule has 0 radical (unpaired) electrons. The number of ether oxygens (including phenoxy) is 2. The summed E-state index contributed by atoms with van der Waals surface area (Å²) >= 11 is 0. The number of aromatic nitrogens is 2. The first-order valence-corrected chi connectivity index (χ1v) is 14.1. The van der Waals surface area contributed by atoms with E-state index < -0.39 is 5.60 Å². The molecule has 1 N–H and O–H groups in total. The van der Waals surface area contributed by atoms with Crippen LogP contribution < -0.4 is 4.74 Å². The highest BCUT2D eigenvalue weighted by Crippen LogP contribution is 2.53. The Bertz CT molecular complexity index is 1280. The van der Waals surface area contributed by atoms with Crippen molar-refractivity contribution < 1.29 is 14.3 Å². The lowest BCUT2D eigenvalue weighted by Crippen LogP contribution is -2.51. The lowest BCUT2D eigenvalue weighted by atomic mass is 9.60. The van der Waals surface area contributed by atoms with Gasteiger partial charge < -0.3 is 19.4 Å². The van der Waals surface area contributed by atoms with Crippen molar-refractivity contribution in [1.29, 1.82) is 0 Å². The molecule has 3 aromatic rings. The zero-order valence-electron chi connectivity index (χ0n) is 23.2. The number of fused-ring (bicyclic) bond motifs is 3. The van der Waals surface area contributed by atoms with Crippen molar-refractivity contribution in [3.8, 4) is 5.75 Å². The third kappa shape index (κ3) is 5.51. The fourth-order valence-corrected chi connectivity index (χ4v) is 6.25. The predicted octanol–water partition coefficient (Wildman–Crippen LogP) is 6.28. The number of para-hydroxylation sites is 1. The van der Waals surface area contributed by atoms with Gasteiger partial charge in [-0.25, -0.2) is 4.98 Å². The molecule has 38 heavy (non-hydrogen) atoms. The van der Waals surface area contributed by atoms with E-state index in [1.54, 1.807) is 7.11 Å². The summed E-state index contributed by atoms with van der Waals surface area (Å²) in [6.45, 7) is 5.73. The molecule has 1 saturated carbocycles. The fraction of sp³-hybridized carbons (Fsp3) is 0.500. The molecule has 3 aliphatic carbocycles. The molecule has 2 aromatic carbocycles. The number of allylic oxidation sites excluding steroid dienone is 1. The van der Waals surface area contributed by atoms with E-state index in [2.05, 4.69) is 53.3 Å². The Labute approximate surface area is 226 Å². The Morgan fingerprint density at radius 3 is 2.66 bits per heavy atom. The third-order valence-electron chi connectivity index (χ3n) is 8.41. The zero-order chi connectivity index (χ0) is 26.7. The molecule has 0 unspecified atom stereocenters. The normalized spacial score (nSPS) is 22.7. The minimum atomic E-state index is -0.411. The summed E-state index contributed by atoms with van der Waals surface area (Å²) in [5, 5.41) is 0. The monoisotopic (exact) mass is 515 g/mol. The largest absolute Gasteiger partial charge is 0.494 e. The lowest BCUT2D eigenvalue weighted by Gasteiger charge is -2.50. The predicted molar refractivity (Wildman–Crippen MR) is 152 cm³/mol. The summed E-state index contributed by atoms with van der Waals surface area (Å²) in [5.74, 6) is 2.31. The molecule has 6 nitrogen and oxygen atoms in total. The molecule has 202 valence electrons. The second kappa shape index (κ2) is 11.3. The first-order valence-electron chi connectivity index (χ1n) is 14.1. The number of nitrogens with zero attached hydrogens (tertiary/aromatic N) is 2. The van der Waals surface area contributed by atoms with Crippen LogP contribution in [-0.2, 0) is 16.0 Å². The molecule has 2 bridgehead atoms. The number of H-pyrrole nitrogens is 1. The summed E-state index contributed by atoms with van der Waals surface area (Å²) in [5.41, 5.74) is 4.24. The van der Waals surface area contributed by atoms with Crippen molar-refractivity contribution in [3.63, 3.8) is 0 Å². The highest BCUT2D eigenvalue weighted by Gasteiger charge is 2.50. The number of aromatic amines is 1. The number of rotatable bonds is 11. The number of carbonyl (C=O) groups is 1. The Morgan fingerprint density at radius 1 is 1.13 bits per heavy atom. The summed E-state index contributed by atoms with van der Waals surface area (Å²) in [7, 11) is 3.85. The summed E-state index contributed by atoms with van der Waals surface area (Å²) in [6.07, 6.45) is 8.35. The maximum Gasteiger partial charge on any atom is 0.308 e. The number of esters is 1. The van der Waals surface area contributed by atoms with Crippen LogP contribution in [0.3, 0.4) is 0 Å². The van der Waals surface area contributed by atoms with Gasteiger partial charge in [0.2, 0.25) is 0 Å². The van der Waals surface area contributed by atoms with Crippen molar-refractivity contribution in [3.05, 3.63) is 66.0 Å². The fourth-order valence-electron chi connectivity index (χ4n) is 6.25. The number of hydrogen-bond donors (Lipinski definition) is 1. The van der Waals surface area contributed by atoms with E-state index in [4.69, 9.17) is 14.5 Å². The van der Waals surface area contributed by atoms with Crippen LogP contribution in [-0.4, -0.2) is 53.7 Å². The van der Waals surface area contributed by atoms with Gasteiger partial charge in [-0.1, -0.05) is 56.3 Å². The Kier molecular flexibility index (Phi) is 7.89. The van der Waals surface area contributed by atoms with Crippen molar-refractivity contribution in [1.82, 2.24) is 14.9 Å². The quantitative estimate of drug-likeness (QED) is 0.305. The Morgan fingerprint density at radius 2 is 1.95 bits per heavy atom.